The first-order valence-corrected chi connectivity index (χ1v) is 19.6. The van der Waals surface area contributed by atoms with Gasteiger partial charge in [-0.1, -0.05) is 24.3 Å². The zero-order chi connectivity index (χ0) is 35.6. The molecule has 0 aromatic heterocycles. The van der Waals surface area contributed by atoms with Crippen LogP contribution in [0.25, 0.3) is 0 Å². The molecule has 270 valence electrons. The second kappa shape index (κ2) is 15.5. The lowest BCUT2D eigenvalue weighted by atomic mass is 9.91. The molecule has 6 rings (SSSR count). The number of benzene rings is 2. The topological polar surface area (TPSA) is 169 Å². The molecule has 14 nitrogen and oxygen atoms in total. The first-order chi connectivity index (χ1) is 23.9. The van der Waals surface area contributed by atoms with E-state index >= 15 is 0 Å². The fourth-order valence-corrected chi connectivity index (χ4v) is 8.87. The maximum atomic E-state index is 14.0. The summed E-state index contributed by atoms with van der Waals surface area (Å²) in [5, 5.41) is 18.6. The number of halogens is 1. The Morgan fingerprint density at radius 3 is 2.26 bits per heavy atom. The zero-order valence-corrected chi connectivity index (χ0v) is 30.7. The van der Waals surface area contributed by atoms with Gasteiger partial charge in [0.05, 0.1) is 4.47 Å². The van der Waals surface area contributed by atoms with Crippen molar-refractivity contribution in [3.63, 3.8) is 0 Å². The number of carbonyl (C=O) groups is 3. The summed E-state index contributed by atoms with van der Waals surface area (Å²) in [6.07, 6.45) is 1.89. The lowest BCUT2D eigenvalue weighted by Gasteiger charge is -2.42. The van der Waals surface area contributed by atoms with Crippen molar-refractivity contribution in [1.29, 1.82) is 0 Å². The van der Waals surface area contributed by atoms with Gasteiger partial charge in [-0.05, 0) is 76.8 Å². The van der Waals surface area contributed by atoms with E-state index in [1.807, 2.05) is 29.2 Å². The summed E-state index contributed by atoms with van der Waals surface area (Å²) in [6.45, 7) is 4.21. The van der Waals surface area contributed by atoms with Crippen LogP contribution in [-0.2, 0) is 32.6 Å². The molecule has 4 amide bonds. The predicted octanol–water partition coefficient (Wildman–Crippen LogP) is 0.828. The highest BCUT2D eigenvalue weighted by Crippen LogP contribution is 2.27. The number of phenolic OH excluding ortho intramolecular Hbond substituents is 1. The molecule has 0 aliphatic carbocycles. The number of piperidine rings is 2. The van der Waals surface area contributed by atoms with E-state index in [9.17, 15) is 27.9 Å². The van der Waals surface area contributed by atoms with Gasteiger partial charge in [0, 0.05) is 83.1 Å². The van der Waals surface area contributed by atoms with Crippen LogP contribution < -0.4 is 15.9 Å². The monoisotopic (exact) mass is 773 g/mol. The van der Waals surface area contributed by atoms with Gasteiger partial charge >= 0.3 is 12.1 Å². The van der Waals surface area contributed by atoms with E-state index in [-0.39, 0.29) is 36.2 Å². The second-order valence-corrected chi connectivity index (χ2v) is 16.0. The van der Waals surface area contributed by atoms with E-state index in [0.29, 0.717) is 94.5 Å². The van der Waals surface area contributed by atoms with Gasteiger partial charge in [-0.25, -0.2) is 14.7 Å². The highest BCUT2D eigenvalue weighted by Gasteiger charge is 2.37. The first kappa shape index (κ1) is 36.4. The van der Waals surface area contributed by atoms with Gasteiger partial charge in [-0.15, -0.1) is 0 Å². The number of rotatable bonds is 7. The number of nitrogens with one attached hydrogen (secondary N) is 1. The van der Waals surface area contributed by atoms with Crippen LogP contribution in [0.4, 0.5) is 15.3 Å². The fourth-order valence-electron chi connectivity index (χ4n) is 7.59. The van der Waals surface area contributed by atoms with Crippen molar-refractivity contribution in [2.45, 2.75) is 56.7 Å². The number of nitrogens with two attached hydrogens (primary N) is 1. The molecule has 4 aliphatic rings. The van der Waals surface area contributed by atoms with E-state index in [1.165, 1.54) is 4.31 Å². The van der Waals surface area contributed by atoms with Gasteiger partial charge in [0.2, 0.25) is 0 Å². The summed E-state index contributed by atoms with van der Waals surface area (Å²) in [5.74, 6) is -0.154. The smallest absolute Gasteiger partial charge is 0.410 e. The molecule has 0 saturated carbocycles. The molecule has 0 unspecified atom stereocenters. The van der Waals surface area contributed by atoms with E-state index in [2.05, 4.69) is 26.1 Å². The van der Waals surface area contributed by atoms with Crippen LogP contribution in [0.1, 0.15) is 36.8 Å². The number of phenols is 1. The lowest BCUT2D eigenvalue weighted by Crippen LogP contribution is -2.56. The molecule has 1 atom stereocenters. The Morgan fingerprint density at radius 2 is 1.60 bits per heavy atom. The van der Waals surface area contributed by atoms with Crippen molar-refractivity contribution in [3.05, 3.63) is 52.0 Å². The molecule has 4 heterocycles. The average molecular weight is 775 g/mol. The quantitative estimate of drug-likeness (QED) is 0.348. The molecule has 50 heavy (non-hydrogen) atoms. The maximum Gasteiger partial charge on any atom is 0.410 e. The molecule has 2 aromatic carbocycles. The minimum absolute atomic E-state index is 0.0212. The van der Waals surface area contributed by atoms with E-state index in [4.69, 9.17) is 9.88 Å². The third-order valence-corrected chi connectivity index (χ3v) is 12.2. The molecule has 17 heteroatoms. The number of piperazine rings is 1. The summed E-state index contributed by atoms with van der Waals surface area (Å²) in [5.41, 5.74) is 3.31. The Labute approximate surface area is 302 Å². The molecular formula is C33H45BBrN7O7S. The zero-order valence-electron chi connectivity index (χ0n) is 28.3. The Hall–Kier alpha value is -3.38. The number of para-hydroxylation sites is 1. The highest BCUT2D eigenvalue weighted by molar-refractivity contribution is 9.10. The van der Waals surface area contributed by atoms with Crippen LogP contribution in [0.3, 0.4) is 0 Å². The normalized spacial score (nSPS) is 20.9. The van der Waals surface area contributed by atoms with Crippen molar-refractivity contribution < 1.29 is 32.6 Å². The number of urea groups is 1. The third kappa shape index (κ3) is 8.39. The summed E-state index contributed by atoms with van der Waals surface area (Å²) in [4.78, 5) is 48.2. The fraction of sp³-hybridized carbons (Fsp3) is 0.545. The van der Waals surface area contributed by atoms with Gasteiger partial charge in [0.25, 0.3) is 16.1 Å². The number of ether oxygens (including phenoxy) is 1. The Bertz CT molecular complexity index is 1670. The number of aromatic hydroxyl groups is 1. The van der Waals surface area contributed by atoms with Crippen LogP contribution in [0.2, 0.25) is 0 Å². The molecule has 0 bridgehead atoms. The summed E-state index contributed by atoms with van der Waals surface area (Å²) < 4.78 is 31.2. The summed E-state index contributed by atoms with van der Waals surface area (Å²) in [7, 11) is -1.94. The van der Waals surface area contributed by atoms with Gasteiger partial charge < -0.3 is 29.9 Å². The Balaban J connectivity index is 1.07. The molecule has 2 aromatic rings. The molecule has 0 spiro atoms. The van der Waals surface area contributed by atoms with Crippen molar-refractivity contribution in [3.8, 4) is 5.75 Å². The van der Waals surface area contributed by atoms with Crippen LogP contribution in [0, 0.1) is 0 Å². The molecular weight excluding hydrogens is 729 g/mol. The van der Waals surface area contributed by atoms with Crippen LogP contribution in [0.5, 0.6) is 5.75 Å². The number of nitrogens with zero attached hydrogens (tertiary/aromatic N) is 5. The van der Waals surface area contributed by atoms with Crippen molar-refractivity contribution in [2.24, 2.45) is 5.14 Å². The molecule has 3 fully saturated rings. The lowest BCUT2D eigenvalue weighted by molar-refractivity contribution is -0.142. The van der Waals surface area contributed by atoms with E-state index < -0.39 is 22.4 Å². The number of likely N-dealkylation sites (tertiary alicyclic amines) is 2. The Kier molecular flexibility index (Phi) is 11.3. The van der Waals surface area contributed by atoms with Crippen LogP contribution >= 0.6 is 15.9 Å². The summed E-state index contributed by atoms with van der Waals surface area (Å²) in [6, 6.07) is 11.4. The SMILES string of the molecule is Bc1cc(C[C@@H](OC(=O)N2CCC(N3CCc4ccccc4NC3=O)CC2)C(=O)N2CCC(N3CCN(S(N)(=O)=O)CC3)CC2)cc(Br)c1O. The number of amides is 4. The average Bonchev–Trinajstić information content (AvgIpc) is 3.27. The maximum absolute atomic E-state index is 14.0. The minimum Gasteiger partial charge on any atom is -0.507 e. The van der Waals surface area contributed by atoms with Crippen molar-refractivity contribution >= 4 is 63.2 Å². The second-order valence-electron chi connectivity index (χ2n) is 13.6. The molecule has 0 radical (unpaired) electrons. The molecule has 3 saturated heterocycles. The number of hydrogen-bond acceptors (Lipinski definition) is 8. The predicted molar refractivity (Wildman–Crippen MR) is 194 cm³/mol. The number of fused-ring (bicyclic) bond motifs is 1. The number of anilines is 1. The van der Waals surface area contributed by atoms with Gasteiger partial charge in [0.1, 0.15) is 13.6 Å². The third-order valence-electron chi connectivity index (χ3n) is 10.5. The van der Waals surface area contributed by atoms with Crippen molar-refractivity contribution in [1.82, 2.24) is 23.9 Å². The van der Waals surface area contributed by atoms with Gasteiger partial charge in [0.15, 0.2) is 6.10 Å². The van der Waals surface area contributed by atoms with Gasteiger partial charge in [-0.2, -0.15) is 12.7 Å². The van der Waals surface area contributed by atoms with E-state index in [0.717, 1.165) is 23.2 Å². The van der Waals surface area contributed by atoms with Crippen molar-refractivity contribution in [2.75, 3.05) is 64.2 Å². The standard InChI is InChI=1S/C33H45BBrN7O7S/c34-26-19-22(20-27(35)30(26)43)21-29(31(44)39-10-6-24(7-11-39)38-15-17-41(18-16-38)50(36,47)48)49-33(46)40-12-8-25(9-13-40)42-14-5-23-3-1-2-4-28(23)37-32(42)45/h1-4,19-20,24-25,29,43H,5-18,21,34H2,(H,37,45)(H2,36,47,48)/t29-/m1/s1. The first-order valence-electron chi connectivity index (χ1n) is 17.3. The highest BCUT2D eigenvalue weighted by atomic mass is 79.9. The molecule has 4 N–H and O–H groups in total. The van der Waals surface area contributed by atoms with Crippen LogP contribution in [-0.4, -0.2) is 140 Å². The minimum atomic E-state index is -3.71. The van der Waals surface area contributed by atoms with Crippen LogP contribution in [0.15, 0.2) is 40.9 Å². The van der Waals surface area contributed by atoms with E-state index in [1.54, 1.807) is 29.8 Å². The molecule has 4 aliphatic heterocycles. The van der Waals surface area contributed by atoms with Gasteiger partial charge in [-0.3, -0.25) is 9.69 Å². The summed E-state index contributed by atoms with van der Waals surface area (Å²) >= 11 is 3.39. The number of carbonyl (C=O) groups excluding carboxylic acids is 3. The largest absolute Gasteiger partial charge is 0.507 e. The Morgan fingerprint density at radius 1 is 0.960 bits per heavy atom. The number of hydrogen-bond donors (Lipinski definition) is 3.